The van der Waals surface area contributed by atoms with E-state index in [-0.39, 0.29) is 10.8 Å². The summed E-state index contributed by atoms with van der Waals surface area (Å²) in [4.78, 5) is 11.2. The number of benzene rings is 1. The summed E-state index contributed by atoms with van der Waals surface area (Å²) in [6.07, 6.45) is 0. The van der Waals surface area contributed by atoms with E-state index in [2.05, 4.69) is 6.58 Å². The van der Waals surface area contributed by atoms with E-state index in [1.807, 2.05) is 53.7 Å². The summed E-state index contributed by atoms with van der Waals surface area (Å²) < 4.78 is 0. The lowest BCUT2D eigenvalue weighted by molar-refractivity contribution is -0.139. The number of hydrogen-bond acceptors (Lipinski definition) is 2. The van der Waals surface area contributed by atoms with Crippen LogP contribution in [0.15, 0.2) is 18.7 Å². The van der Waals surface area contributed by atoms with Crippen LogP contribution < -0.4 is 0 Å². The molecular formula is C19H28O3. The van der Waals surface area contributed by atoms with Gasteiger partial charge in [0.2, 0.25) is 0 Å². The highest BCUT2D eigenvalue weighted by molar-refractivity contribution is 5.86. The molecule has 0 aliphatic heterocycles. The Labute approximate surface area is 133 Å². The minimum absolute atomic E-state index is 0.243. The molecule has 0 radical (unpaired) electrons. The van der Waals surface area contributed by atoms with Gasteiger partial charge in [-0.05, 0) is 41.0 Å². The lowest BCUT2D eigenvalue weighted by Gasteiger charge is -2.29. The van der Waals surface area contributed by atoms with Gasteiger partial charge in [0.1, 0.15) is 5.75 Å². The fourth-order valence-corrected chi connectivity index (χ4v) is 2.36. The first-order valence-electron chi connectivity index (χ1n) is 7.56. The predicted molar refractivity (Wildman–Crippen MR) is 91.3 cm³/mol. The normalized spacial score (nSPS) is 13.8. The van der Waals surface area contributed by atoms with Gasteiger partial charge in [0.15, 0.2) is 0 Å². The van der Waals surface area contributed by atoms with Gasteiger partial charge in [0.05, 0.1) is 5.92 Å². The molecule has 1 rings (SSSR count). The van der Waals surface area contributed by atoms with Crippen molar-refractivity contribution in [1.29, 1.82) is 0 Å². The van der Waals surface area contributed by atoms with Crippen LogP contribution in [0.2, 0.25) is 0 Å². The van der Waals surface area contributed by atoms with Crippen molar-refractivity contribution in [2.24, 2.45) is 5.92 Å². The highest BCUT2D eigenvalue weighted by Gasteiger charge is 2.28. The number of rotatable bonds is 3. The predicted octanol–water partition coefficient (Wildman–Crippen LogP) is 4.72. The molecule has 2 N–H and O–H groups in total. The van der Waals surface area contributed by atoms with Gasteiger partial charge >= 0.3 is 5.97 Å². The molecule has 0 aliphatic carbocycles. The van der Waals surface area contributed by atoms with Gasteiger partial charge in [-0.15, -0.1) is 0 Å². The standard InChI is InChI=1S/C19H28O3/c1-11(12(2)17(21)22)13-9-14(18(3,4)5)16(20)15(10-13)19(6,7)8/h9-10,12,20H,1H2,2-8H3,(H,21,22). The van der Waals surface area contributed by atoms with Gasteiger partial charge in [-0.2, -0.15) is 0 Å². The van der Waals surface area contributed by atoms with Crippen LogP contribution in [0.4, 0.5) is 0 Å². The minimum Gasteiger partial charge on any atom is -0.507 e. The van der Waals surface area contributed by atoms with Crippen molar-refractivity contribution < 1.29 is 15.0 Å². The molecule has 0 heterocycles. The molecule has 0 aromatic heterocycles. The molecule has 0 fully saturated rings. The van der Waals surface area contributed by atoms with E-state index in [9.17, 15) is 15.0 Å². The maximum atomic E-state index is 11.2. The second-order valence-electron chi connectivity index (χ2n) is 8.01. The first kappa shape index (κ1) is 18.3. The summed E-state index contributed by atoms with van der Waals surface area (Å²) in [6, 6.07) is 3.73. The molecule has 122 valence electrons. The largest absolute Gasteiger partial charge is 0.507 e. The number of phenols is 1. The van der Waals surface area contributed by atoms with Crippen LogP contribution in [0, 0.1) is 5.92 Å². The van der Waals surface area contributed by atoms with Crippen molar-refractivity contribution in [2.75, 3.05) is 0 Å². The minimum atomic E-state index is -0.896. The lowest BCUT2D eigenvalue weighted by atomic mass is 9.77. The molecule has 3 nitrogen and oxygen atoms in total. The zero-order valence-electron chi connectivity index (χ0n) is 14.7. The first-order chi connectivity index (χ1) is 9.76. The van der Waals surface area contributed by atoms with Gasteiger partial charge in [-0.3, -0.25) is 4.79 Å². The molecule has 0 aliphatic rings. The zero-order chi connectivity index (χ0) is 17.5. The number of carboxylic acid groups (broad SMARTS) is 1. The molecule has 22 heavy (non-hydrogen) atoms. The molecule has 1 unspecified atom stereocenters. The van der Waals surface area contributed by atoms with Gasteiger partial charge in [-0.1, -0.05) is 48.1 Å². The average Bonchev–Trinajstić information content (AvgIpc) is 2.34. The van der Waals surface area contributed by atoms with Crippen LogP contribution in [0.1, 0.15) is 65.2 Å². The third-order valence-corrected chi connectivity index (χ3v) is 3.99. The Bertz CT molecular complexity index is 563. The average molecular weight is 304 g/mol. The molecule has 0 spiro atoms. The molecule has 1 aromatic rings. The summed E-state index contributed by atoms with van der Waals surface area (Å²) in [5.74, 6) is -1.27. The number of aromatic hydroxyl groups is 1. The molecule has 1 aromatic carbocycles. The number of carbonyl (C=O) groups is 1. The highest BCUT2D eigenvalue weighted by atomic mass is 16.4. The van der Waals surface area contributed by atoms with Crippen LogP contribution in [0.3, 0.4) is 0 Å². The smallest absolute Gasteiger partial charge is 0.310 e. The van der Waals surface area contributed by atoms with Crippen LogP contribution in [-0.4, -0.2) is 16.2 Å². The number of phenolic OH excluding ortho intramolecular Hbond substituents is 1. The summed E-state index contributed by atoms with van der Waals surface area (Å²) >= 11 is 0. The fourth-order valence-electron chi connectivity index (χ4n) is 2.36. The molecule has 0 amide bonds. The Morgan fingerprint density at radius 1 is 1.05 bits per heavy atom. The van der Waals surface area contributed by atoms with Crippen LogP contribution in [0.5, 0.6) is 5.75 Å². The van der Waals surface area contributed by atoms with Gasteiger partial charge in [0.25, 0.3) is 0 Å². The van der Waals surface area contributed by atoms with Crippen LogP contribution in [-0.2, 0) is 15.6 Å². The topological polar surface area (TPSA) is 57.5 Å². The lowest BCUT2D eigenvalue weighted by Crippen LogP contribution is -2.19. The van der Waals surface area contributed by atoms with Crippen molar-refractivity contribution in [3.8, 4) is 5.75 Å². The first-order valence-corrected chi connectivity index (χ1v) is 7.56. The van der Waals surface area contributed by atoms with Gasteiger partial charge in [-0.25, -0.2) is 0 Å². The Kier molecular flexibility index (Phi) is 4.81. The van der Waals surface area contributed by atoms with E-state index in [1.165, 1.54) is 0 Å². The zero-order valence-corrected chi connectivity index (χ0v) is 14.7. The number of hydrogen-bond donors (Lipinski definition) is 2. The van der Waals surface area contributed by atoms with Crippen molar-refractivity contribution in [1.82, 2.24) is 0 Å². The van der Waals surface area contributed by atoms with E-state index in [4.69, 9.17) is 0 Å². The SMILES string of the molecule is C=C(c1cc(C(C)(C)C)c(O)c(C(C)(C)C)c1)C(C)C(=O)O. The Morgan fingerprint density at radius 3 is 1.68 bits per heavy atom. The van der Waals surface area contributed by atoms with Crippen molar-refractivity contribution >= 4 is 11.5 Å². The Morgan fingerprint density at radius 2 is 1.41 bits per heavy atom. The monoisotopic (exact) mass is 304 g/mol. The van der Waals surface area contributed by atoms with Crippen molar-refractivity contribution in [2.45, 2.75) is 59.3 Å². The van der Waals surface area contributed by atoms with Crippen molar-refractivity contribution in [3.05, 3.63) is 35.4 Å². The molecular weight excluding hydrogens is 276 g/mol. The third-order valence-electron chi connectivity index (χ3n) is 3.99. The molecule has 0 saturated carbocycles. The second kappa shape index (κ2) is 5.79. The van der Waals surface area contributed by atoms with Gasteiger partial charge < -0.3 is 10.2 Å². The number of aliphatic carboxylic acids is 1. The molecule has 0 saturated heterocycles. The van der Waals surface area contributed by atoms with Crippen LogP contribution in [0.25, 0.3) is 5.57 Å². The van der Waals surface area contributed by atoms with Gasteiger partial charge in [0, 0.05) is 11.1 Å². The third kappa shape index (κ3) is 3.70. The summed E-state index contributed by atoms with van der Waals surface area (Å²) in [5, 5.41) is 19.9. The molecule has 0 bridgehead atoms. The molecule has 3 heteroatoms. The summed E-state index contributed by atoms with van der Waals surface area (Å²) in [6.45, 7) is 17.8. The van der Waals surface area contributed by atoms with Crippen molar-refractivity contribution in [3.63, 3.8) is 0 Å². The maximum absolute atomic E-state index is 11.2. The highest BCUT2D eigenvalue weighted by Crippen LogP contribution is 2.41. The van der Waals surface area contributed by atoms with E-state index >= 15 is 0 Å². The molecule has 1 atom stereocenters. The van der Waals surface area contributed by atoms with Crippen LogP contribution >= 0.6 is 0 Å². The Hall–Kier alpha value is -1.77. The summed E-state index contributed by atoms with van der Waals surface area (Å²) in [7, 11) is 0. The second-order valence-corrected chi connectivity index (χ2v) is 8.01. The van der Waals surface area contributed by atoms with E-state index < -0.39 is 11.9 Å². The van der Waals surface area contributed by atoms with E-state index in [1.54, 1.807) is 6.92 Å². The fraction of sp³-hybridized carbons (Fsp3) is 0.526. The van der Waals surface area contributed by atoms with E-state index in [0.717, 1.165) is 16.7 Å². The summed E-state index contributed by atoms with van der Waals surface area (Å²) in [5.41, 5.74) is 2.48. The van der Waals surface area contributed by atoms with E-state index in [0.29, 0.717) is 11.3 Å². The number of carboxylic acids is 1. The maximum Gasteiger partial charge on any atom is 0.310 e. The quantitative estimate of drug-likeness (QED) is 0.849. The Balaban J connectivity index is 3.62.